The van der Waals surface area contributed by atoms with Gasteiger partial charge in [-0.1, -0.05) is 39.5 Å². The molecule has 3 heterocycles. The molecular formula is C27H42N2O5S. The van der Waals surface area contributed by atoms with Gasteiger partial charge in [-0.3, -0.25) is 14.4 Å². The van der Waals surface area contributed by atoms with Crippen molar-refractivity contribution in [3.05, 3.63) is 25.3 Å². The Labute approximate surface area is 214 Å². The van der Waals surface area contributed by atoms with Crippen molar-refractivity contribution >= 4 is 29.5 Å². The summed E-state index contributed by atoms with van der Waals surface area (Å²) < 4.78 is 4.74. The number of amides is 2. The van der Waals surface area contributed by atoms with Crippen molar-refractivity contribution < 1.29 is 24.2 Å². The Bertz CT molecular complexity index is 866. The average Bonchev–Trinajstić information content (AvgIpc) is 3.39. The second kappa shape index (κ2) is 10.3. The Kier molecular flexibility index (Phi) is 8.17. The van der Waals surface area contributed by atoms with Crippen LogP contribution in [0.25, 0.3) is 0 Å². The molecule has 3 aliphatic heterocycles. The van der Waals surface area contributed by atoms with Crippen molar-refractivity contribution in [1.82, 2.24) is 9.80 Å². The van der Waals surface area contributed by atoms with E-state index in [0.717, 1.165) is 12.8 Å². The number of rotatable bonds is 11. The van der Waals surface area contributed by atoms with Crippen molar-refractivity contribution in [1.29, 1.82) is 0 Å². The smallest absolute Gasteiger partial charge is 0.311 e. The van der Waals surface area contributed by atoms with Crippen LogP contribution in [0.5, 0.6) is 0 Å². The highest BCUT2D eigenvalue weighted by molar-refractivity contribution is 8.02. The third-order valence-electron chi connectivity index (χ3n) is 7.48. The predicted molar refractivity (Wildman–Crippen MR) is 139 cm³/mol. The van der Waals surface area contributed by atoms with Crippen LogP contribution in [0.2, 0.25) is 0 Å². The summed E-state index contributed by atoms with van der Waals surface area (Å²) in [5.41, 5.74) is -0.472. The van der Waals surface area contributed by atoms with Gasteiger partial charge in [0.2, 0.25) is 11.8 Å². The number of carbonyl (C=O) groups excluding carboxylic acids is 3. The number of carbonyl (C=O) groups is 3. The number of hydrogen-bond donors (Lipinski definition) is 1. The molecule has 5 atom stereocenters. The van der Waals surface area contributed by atoms with Crippen LogP contribution in [0.1, 0.15) is 60.3 Å². The summed E-state index contributed by atoms with van der Waals surface area (Å²) in [6.45, 7) is 18.8. The maximum atomic E-state index is 14.4. The van der Waals surface area contributed by atoms with Gasteiger partial charge in [-0.25, -0.2) is 0 Å². The van der Waals surface area contributed by atoms with E-state index in [4.69, 9.17) is 4.74 Å². The fourth-order valence-corrected chi connectivity index (χ4v) is 8.93. The molecular weight excluding hydrogens is 464 g/mol. The van der Waals surface area contributed by atoms with Crippen molar-refractivity contribution in [3.8, 4) is 0 Å². The van der Waals surface area contributed by atoms with Crippen LogP contribution in [0.3, 0.4) is 0 Å². The number of thioether (sulfide) groups is 1. The zero-order valence-corrected chi connectivity index (χ0v) is 22.7. The highest BCUT2D eigenvalue weighted by Crippen LogP contribution is 2.66. The first-order valence-corrected chi connectivity index (χ1v) is 13.5. The SMILES string of the molecule is C=CCOC(=O)[C@@H]1[C@@H]2CCC3(S2)C(C(=O)N(CC=C)C(C)(C)CC(C)(C)C)N(CCCO)C(=O)[C@H]13. The average molecular weight is 507 g/mol. The number of aliphatic hydroxyl groups is 1. The van der Waals surface area contributed by atoms with Crippen LogP contribution in [0, 0.1) is 17.3 Å². The molecule has 0 saturated carbocycles. The highest BCUT2D eigenvalue weighted by atomic mass is 32.2. The molecule has 1 spiro atoms. The minimum absolute atomic E-state index is 0.00728. The maximum absolute atomic E-state index is 14.4. The van der Waals surface area contributed by atoms with Gasteiger partial charge in [0.05, 0.1) is 16.6 Å². The van der Waals surface area contributed by atoms with E-state index in [-0.39, 0.29) is 48.2 Å². The van der Waals surface area contributed by atoms with E-state index in [1.807, 2.05) is 4.90 Å². The maximum Gasteiger partial charge on any atom is 0.311 e. The zero-order chi connectivity index (χ0) is 26.2. The van der Waals surface area contributed by atoms with E-state index in [1.165, 1.54) is 6.08 Å². The first kappa shape index (κ1) is 27.8. The molecule has 0 aliphatic carbocycles. The lowest BCUT2D eigenvalue weighted by molar-refractivity contribution is -0.153. The van der Waals surface area contributed by atoms with E-state index in [1.54, 1.807) is 22.7 Å². The number of aliphatic hydroxyl groups excluding tert-OH is 1. The van der Waals surface area contributed by atoms with E-state index in [0.29, 0.717) is 19.4 Å². The summed E-state index contributed by atoms with van der Waals surface area (Å²) in [5, 5.41) is 9.49. The minimum Gasteiger partial charge on any atom is -0.461 e. The predicted octanol–water partition coefficient (Wildman–Crippen LogP) is 3.42. The molecule has 2 bridgehead atoms. The largest absolute Gasteiger partial charge is 0.461 e. The molecule has 196 valence electrons. The first-order chi connectivity index (χ1) is 16.3. The van der Waals surface area contributed by atoms with Gasteiger partial charge >= 0.3 is 5.97 Å². The summed E-state index contributed by atoms with van der Waals surface area (Å²) in [7, 11) is 0. The Morgan fingerprint density at radius 1 is 1.26 bits per heavy atom. The van der Waals surface area contributed by atoms with Crippen molar-refractivity contribution in [2.24, 2.45) is 17.3 Å². The normalized spacial score (nSPS) is 29.8. The lowest BCUT2D eigenvalue weighted by Crippen LogP contribution is -2.60. The van der Waals surface area contributed by atoms with Crippen molar-refractivity contribution in [3.63, 3.8) is 0 Å². The number of nitrogens with zero attached hydrogens (tertiary/aromatic N) is 2. The summed E-state index contributed by atoms with van der Waals surface area (Å²) >= 11 is 1.63. The minimum atomic E-state index is -0.682. The van der Waals surface area contributed by atoms with E-state index < -0.39 is 28.2 Å². The number of fused-ring (bicyclic) bond motifs is 1. The van der Waals surface area contributed by atoms with Gasteiger partial charge in [-0.05, 0) is 44.9 Å². The number of esters is 1. The monoisotopic (exact) mass is 506 g/mol. The molecule has 0 aromatic heterocycles. The second-order valence-corrected chi connectivity index (χ2v) is 13.5. The lowest BCUT2D eigenvalue weighted by Gasteiger charge is -2.46. The number of ether oxygens (including phenoxy) is 1. The molecule has 35 heavy (non-hydrogen) atoms. The zero-order valence-electron chi connectivity index (χ0n) is 21.9. The Morgan fingerprint density at radius 2 is 1.94 bits per heavy atom. The van der Waals surface area contributed by atoms with Crippen LogP contribution in [0.15, 0.2) is 25.3 Å². The molecule has 3 aliphatic rings. The fraction of sp³-hybridized carbons (Fsp3) is 0.741. The first-order valence-electron chi connectivity index (χ1n) is 12.6. The van der Waals surface area contributed by atoms with E-state index in [2.05, 4.69) is 47.8 Å². The Hall–Kier alpha value is -1.80. The quantitative estimate of drug-likeness (QED) is 0.341. The molecule has 3 saturated heterocycles. The third kappa shape index (κ3) is 5.06. The van der Waals surface area contributed by atoms with Crippen LogP contribution in [0.4, 0.5) is 0 Å². The lowest BCUT2D eigenvalue weighted by atomic mass is 9.71. The van der Waals surface area contributed by atoms with Gasteiger partial charge in [0.1, 0.15) is 12.6 Å². The van der Waals surface area contributed by atoms with Crippen molar-refractivity contribution in [2.75, 3.05) is 26.3 Å². The molecule has 3 rings (SSSR count). The summed E-state index contributed by atoms with van der Waals surface area (Å²) in [6.07, 6.45) is 5.89. The van der Waals surface area contributed by atoms with Gasteiger partial charge in [0.15, 0.2) is 0 Å². The molecule has 0 aromatic carbocycles. The second-order valence-electron chi connectivity index (χ2n) is 11.9. The summed E-state index contributed by atoms with van der Waals surface area (Å²) in [6, 6.07) is -0.682. The summed E-state index contributed by atoms with van der Waals surface area (Å²) in [5.74, 6) is -1.80. The van der Waals surface area contributed by atoms with E-state index >= 15 is 0 Å². The molecule has 0 aromatic rings. The van der Waals surface area contributed by atoms with Crippen LogP contribution >= 0.6 is 11.8 Å². The Balaban J connectivity index is 2.03. The van der Waals surface area contributed by atoms with Crippen molar-refractivity contribution in [2.45, 2.75) is 81.9 Å². The molecule has 0 radical (unpaired) electrons. The van der Waals surface area contributed by atoms with Crippen LogP contribution in [-0.2, 0) is 19.1 Å². The standard InChI is InChI=1S/C27H42N2O5S/c1-8-13-29(26(6,7)17-25(3,4)5)23(32)21-27-12-11-18(35-27)19(24(33)34-16-9-2)20(27)22(31)28(21)14-10-15-30/h8-9,18-21,30H,1-2,10-17H2,3-7H3/t18-,19+,20-,21?,27?/m0/s1. The highest BCUT2D eigenvalue weighted by Gasteiger charge is 2.74. The Morgan fingerprint density at radius 3 is 2.51 bits per heavy atom. The van der Waals surface area contributed by atoms with Gasteiger partial charge in [0, 0.05) is 30.5 Å². The molecule has 8 heteroatoms. The molecule has 1 N–H and O–H groups in total. The van der Waals surface area contributed by atoms with Crippen LogP contribution in [-0.4, -0.2) is 80.6 Å². The van der Waals surface area contributed by atoms with Gasteiger partial charge in [-0.15, -0.1) is 18.3 Å². The number of hydrogen-bond acceptors (Lipinski definition) is 6. The van der Waals surface area contributed by atoms with Crippen LogP contribution < -0.4 is 0 Å². The topological polar surface area (TPSA) is 87.2 Å². The van der Waals surface area contributed by atoms with Gasteiger partial charge in [0.25, 0.3) is 0 Å². The summed E-state index contributed by atoms with van der Waals surface area (Å²) in [4.78, 5) is 44.8. The molecule has 2 unspecified atom stereocenters. The third-order valence-corrected chi connectivity index (χ3v) is 9.43. The molecule has 3 fully saturated rings. The van der Waals surface area contributed by atoms with Gasteiger partial charge in [-0.2, -0.15) is 0 Å². The fourth-order valence-electron chi connectivity index (χ4n) is 6.72. The molecule has 7 nitrogen and oxygen atoms in total. The molecule has 2 amide bonds. The van der Waals surface area contributed by atoms with E-state index in [9.17, 15) is 19.5 Å². The van der Waals surface area contributed by atoms with Gasteiger partial charge < -0.3 is 19.6 Å². The number of likely N-dealkylation sites (tertiary alicyclic amines) is 1.